The molecule has 10 heteroatoms. The lowest BCUT2D eigenvalue weighted by atomic mass is 10.3. The van der Waals surface area contributed by atoms with Gasteiger partial charge in [-0.3, -0.25) is 0 Å². The summed E-state index contributed by atoms with van der Waals surface area (Å²) in [6.07, 6.45) is 1.39. The number of nitrogens with zero attached hydrogens (tertiary/aromatic N) is 3. The summed E-state index contributed by atoms with van der Waals surface area (Å²) in [5.74, 6) is 0.844. The molecule has 0 spiro atoms. The van der Waals surface area contributed by atoms with Crippen LogP contribution >= 0.6 is 11.6 Å². The minimum absolute atomic E-state index is 0.234. The number of hydrogen-bond acceptors (Lipinski definition) is 7. The van der Waals surface area contributed by atoms with Gasteiger partial charge in [0, 0.05) is 29.5 Å². The first kappa shape index (κ1) is 21.8. The molecule has 0 aliphatic carbocycles. The first-order chi connectivity index (χ1) is 14.3. The number of nitrogen functional groups attached to an aromatic ring is 1. The normalized spacial score (nSPS) is 11.5. The van der Waals surface area contributed by atoms with Gasteiger partial charge in [0.2, 0.25) is 10.0 Å². The summed E-state index contributed by atoms with van der Waals surface area (Å²) in [6, 6.07) is 13.6. The summed E-state index contributed by atoms with van der Waals surface area (Å²) in [7, 11) is -3.51. The molecule has 3 aromatic rings. The summed E-state index contributed by atoms with van der Waals surface area (Å²) in [5, 5.41) is 6.85. The zero-order chi connectivity index (χ0) is 21.7. The Morgan fingerprint density at radius 3 is 1.83 bits per heavy atom. The van der Waals surface area contributed by atoms with Crippen LogP contribution in [0.3, 0.4) is 0 Å². The molecule has 0 amide bonds. The molecule has 1 heterocycles. The molecule has 0 saturated heterocycles. The Kier molecular flexibility index (Phi) is 6.76. The maximum absolute atomic E-state index is 12.6. The minimum Gasteiger partial charge on any atom is -0.393 e. The van der Waals surface area contributed by atoms with E-state index in [2.05, 4.69) is 20.6 Å². The van der Waals surface area contributed by atoms with E-state index < -0.39 is 10.0 Å². The van der Waals surface area contributed by atoms with Crippen LogP contribution in [0.5, 0.6) is 0 Å². The Morgan fingerprint density at radius 1 is 0.900 bits per heavy atom. The van der Waals surface area contributed by atoms with Crippen LogP contribution in [0.15, 0.2) is 59.8 Å². The highest BCUT2D eigenvalue weighted by atomic mass is 35.5. The van der Waals surface area contributed by atoms with Crippen LogP contribution in [-0.4, -0.2) is 35.8 Å². The Bertz CT molecular complexity index is 1100. The fraction of sp³-hybridized carbons (Fsp3) is 0.200. The second-order valence-electron chi connectivity index (χ2n) is 6.36. The Labute approximate surface area is 181 Å². The molecular weight excluding hydrogens is 424 g/mol. The zero-order valence-corrected chi connectivity index (χ0v) is 18.2. The van der Waals surface area contributed by atoms with Crippen molar-refractivity contribution in [1.29, 1.82) is 0 Å². The smallest absolute Gasteiger partial charge is 0.243 e. The summed E-state index contributed by atoms with van der Waals surface area (Å²) in [6.45, 7) is 4.45. The van der Waals surface area contributed by atoms with E-state index in [9.17, 15) is 8.42 Å². The lowest BCUT2D eigenvalue weighted by molar-refractivity contribution is 0.445. The molecule has 2 aromatic carbocycles. The van der Waals surface area contributed by atoms with Crippen molar-refractivity contribution in [2.75, 3.05) is 29.5 Å². The number of hydrogen-bond donors (Lipinski definition) is 3. The van der Waals surface area contributed by atoms with Gasteiger partial charge in [0.1, 0.15) is 12.0 Å². The van der Waals surface area contributed by atoms with Gasteiger partial charge in [-0.25, -0.2) is 18.4 Å². The Morgan fingerprint density at radius 2 is 1.37 bits per heavy atom. The number of nitrogens with two attached hydrogens (primary N) is 1. The molecule has 30 heavy (non-hydrogen) atoms. The van der Waals surface area contributed by atoms with Crippen LogP contribution in [0, 0.1) is 0 Å². The van der Waals surface area contributed by atoms with Crippen LogP contribution in [0.1, 0.15) is 13.8 Å². The molecule has 0 radical (unpaired) electrons. The number of sulfonamides is 1. The highest BCUT2D eigenvalue weighted by Crippen LogP contribution is 2.29. The van der Waals surface area contributed by atoms with E-state index in [1.807, 2.05) is 26.0 Å². The fourth-order valence-electron chi connectivity index (χ4n) is 2.82. The van der Waals surface area contributed by atoms with Crippen molar-refractivity contribution in [2.24, 2.45) is 0 Å². The first-order valence-electron chi connectivity index (χ1n) is 9.35. The highest BCUT2D eigenvalue weighted by molar-refractivity contribution is 7.89. The Balaban J connectivity index is 1.79. The molecule has 3 rings (SSSR count). The lowest BCUT2D eigenvalue weighted by Gasteiger charge is -2.18. The molecule has 0 fully saturated rings. The van der Waals surface area contributed by atoms with Crippen LogP contribution in [0.25, 0.3) is 0 Å². The minimum atomic E-state index is -3.51. The third-order valence-corrected chi connectivity index (χ3v) is 6.77. The van der Waals surface area contributed by atoms with E-state index in [0.29, 0.717) is 41.1 Å². The van der Waals surface area contributed by atoms with Crippen LogP contribution in [0.2, 0.25) is 5.02 Å². The molecule has 0 saturated carbocycles. The average Bonchev–Trinajstić information content (AvgIpc) is 2.73. The van der Waals surface area contributed by atoms with E-state index in [4.69, 9.17) is 17.3 Å². The SMILES string of the molecule is CCN(CC)S(=O)(=O)c1ccc(Nc2ncnc(Nc3ccc(Cl)cc3)c2N)cc1. The van der Waals surface area contributed by atoms with Gasteiger partial charge in [0.15, 0.2) is 11.6 Å². The number of anilines is 5. The van der Waals surface area contributed by atoms with E-state index in [1.54, 1.807) is 36.4 Å². The van der Waals surface area contributed by atoms with Crippen LogP contribution < -0.4 is 16.4 Å². The van der Waals surface area contributed by atoms with Gasteiger partial charge in [0.25, 0.3) is 0 Å². The van der Waals surface area contributed by atoms with Crippen molar-refractivity contribution < 1.29 is 8.42 Å². The van der Waals surface area contributed by atoms with E-state index in [0.717, 1.165) is 5.69 Å². The van der Waals surface area contributed by atoms with Gasteiger partial charge in [-0.15, -0.1) is 0 Å². The molecule has 1 aromatic heterocycles. The largest absolute Gasteiger partial charge is 0.393 e. The zero-order valence-electron chi connectivity index (χ0n) is 16.6. The summed E-state index contributed by atoms with van der Waals surface area (Å²) in [4.78, 5) is 8.59. The number of aromatic nitrogens is 2. The first-order valence-corrected chi connectivity index (χ1v) is 11.2. The van der Waals surface area contributed by atoms with Crippen molar-refractivity contribution in [3.05, 3.63) is 59.9 Å². The van der Waals surface area contributed by atoms with Crippen molar-refractivity contribution in [1.82, 2.24) is 14.3 Å². The van der Waals surface area contributed by atoms with E-state index in [-0.39, 0.29) is 4.90 Å². The van der Waals surface area contributed by atoms with Gasteiger partial charge < -0.3 is 16.4 Å². The third kappa shape index (κ3) is 4.81. The van der Waals surface area contributed by atoms with Crippen LogP contribution in [0.4, 0.5) is 28.7 Å². The maximum atomic E-state index is 12.6. The number of benzene rings is 2. The molecule has 8 nitrogen and oxygen atoms in total. The topological polar surface area (TPSA) is 113 Å². The molecule has 0 atom stereocenters. The average molecular weight is 447 g/mol. The molecular formula is C20H23ClN6O2S. The molecule has 0 aliphatic rings. The van der Waals surface area contributed by atoms with Crippen LogP contribution in [-0.2, 0) is 10.0 Å². The molecule has 0 unspecified atom stereocenters. The van der Waals surface area contributed by atoms with Crippen molar-refractivity contribution in [3.63, 3.8) is 0 Å². The van der Waals surface area contributed by atoms with Gasteiger partial charge >= 0.3 is 0 Å². The second kappa shape index (κ2) is 9.29. The predicted octanol–water partition coefficient (Wildman–Crippen LogP) is 4.23. The lowest BCUT2D eigenvalue weighted by Crippen LogP contribution is -2.30. The van der Waals surface area contributed by atoms with E-state index in [1.165, 1.54) is 10.6 Å². The van der Waals surface area contributed by atoms with Gasteiger partial charge in [-0.2, -0.15) is 4.31 Å². The summed E-state index contributed by atoms with van der Waals surface area (Å²) in [5.41, 5.74) is 7.96. The third-order valence-electron chi connectivity index (χ3n) is 4.45. The van der Waals surface area contributed by atoms with Gasteiger partial charge in [0.05, 0.1) is 4.90 Å². The van der Waals surface area contributed by atoms with Crippen molar-refractivity contribution in [2.45, 2.75) is 18.7 Å². The van der Waals surface area contributed by atoms with E-state index >= 15 is 0 Å². The van der Waals surface area contributed by atoms with Gasteiger partial charge in [-0.1, -0.05) is 25.4 Å². The number of nitrogens with one attached hydrogen (secondary N) is 2. The molecule has 0 bridgehead atoms. The number of rotatable bonds is 8. The summed E-state index contributed by atoms with van der Waals surface area (Å²) < 4.78 is 26.6. The molecule has 158 valence electrons. The fourth-order valence-corrected chi connectivity index (χ4v) is 4.41. The molecule has 0 aliphatic heterocycles. The second-order valence-corrected chi connectivity index (χ2v) is 8.73. The van der Waals surface area contributed by atoms with Gasteiger partial charge in [-0.05, 0) is 48.5 Å². The standard InChI is InChI=1S/C20H23ClN6O2S/c1-3-27(4-2)30(28,29)17-11-9-16(10-12-17)26-20-18(22)19(23-13-24-20)25-15-7-5-14(21)6-8-15/h5-13H,3-4,22H2,1-2H3,(H2,23,24,25,26). The predicted molar refractivity (Wildman–Crippen MR) is 121 cm³/mol. The highest BCUT2D eigenvalue weighted by Gasteiger charge is 2.21. The molecule has 4 N–H and O–H groups in total. The summed E-state index contributed by atoms with van der Waals surface area (Å²) >= 11 is 5.91. The number of halogens is 1. The Hall–Kier alpha value is -2.88. The van der Waals surface area contributed by atoms with Crippen molar-refractivity contribution >= 4 is 50.3 Å². The monoisotopic (exact) mass is 446 g/mol. The quantitative estimate of drug-likeness (QED) is 0.474. The van der Waals surface area contributed by atoms with Crippen molar-refractivity contribution in [3.8, 4) is 0 Å². The maximum Gasteiger partial charge on any atom is 0.243 e.